The zero-order valence-electron chi connectivity index (χ0n) is 9.67. The summed E-state index contributed by atoms with van der Waals surface area (Å²) in [6.07, 6.45) is 6.12. The van der Waals surface area contributed by atoms with Crippen molar-refractivity contribution in [2.75, 3.05) is 20.1 Å². The fourth-order valence-electron chi connectivity index (χ4n) is 2.14. The van der Waals surface area contributed by atoms with E-state index in [1.165, 1.54) is 25.9 Å². The summed E-state index contributed by atoms with van der Waals surface area (Å²) in [5.41, 5.74) is 0.420. The molecule has 0 aliphatic carbocycles. The molecule has 2 heterocycles. The highest BCUT2D eigenvalue weighted by Gasteiger charge is 2.16. The monoisotopic (exact) mass is 222 g/mol. The van der Waals surface area contributed by atoms with Gasteiger partial charge in [0.05, 0.1) is 6.20 Å². The zero-order chi connectivity index (χ0) is 11.4. The number of carbonyl (C=O) groups is 1. The summed E-state index contributed by atoms with van der Waals surface area (Å²) in [5, 5.41) is 7.66. The van der Waals surface area contributed by atoms with Gasteiger partial charge in [0.2, 0.25) is 0 Å². The van der Waals surface area contributed by atoms with Gasteiger partial charge >= 0.3 is 0 Å². The first-order valence-corrected chi connectivity index (χ1v) is 5.82. The molecule has 88 valence electrons. The highest BCUT2D eigenvalue weighted by molar-refractivity contribution is 5.70. The Bertz CT molecular complexity index is 342. The van der Waals surface area contributed by atoms with Gasteiger partial charge in [0.15, 0.2) is 6.29 Å². The molecule has 0 bridgehead atoms. The van der Waals surface area contributed by atoms with E-state index in [1.807, 2.05) is 0 Å². The van der Waals surface area contributed by atoms with E-state index in [0.717, 1.165) is 25.2 Å². The second-order valence-corrected chi connectivity index (χ2v) is 4.56. The number of carbonyl (C=O) groups excluding carboxylic acids is 1. The van der Waals surface area contributed by atoms with E-state index in [1.54, 1.807) is 10.9 Å². The largest absolute Gasteiger partial charge is 0.306 e. The predicted molar refractivity (Wildman–Crippen MR) is 60.2 cm³/mol. The van der Waals surface area contributed by atoms with Crippen molar-refractivity contribution < 1.29 is 4.79 Å². The van der Waals surface area contributed by atoms with E-state index >= 15 is 0 Å². The summed E-state index contributed by atoms with van der Waals surface area (Å²) in [6, 6.07) is 0. The minimum atomic E-state index is 0.420. The molecule has 0 amide bonds. The number of aldehydes is 1. The van der Waals surface area contributed by atoms with Crippen molar-refractivity contribution in [3.8, 4) is 0 Å². The van der Waals surface area contributed by atoms with Crippen molar-refractivity contribution >= 4 is 6.29 Å². The van der Waals surface area contributed by atoms with Gasteiger partial charge in [-0.15, -0.1) is 5.10 Å². The van der Waals surface area contributed by atoms with Gasteiger partial charge < -0.3 is 4.90 Å². The van der Waals surface area contributed by atoms with Gasteiger partial charge in [0, 0.05) is 6.54 Å². The van der Waals surface area contributed by atoms with E-state index in [9.17, 15) is 4.79 Å². The van der Waals surface area contributed by atoms with Crippen LogP contribution in [0.1, 0.15) is 29.8 Å². The maximum absolute atomic E-state index is 10.4. The van der Waals surface area contributed by atoms with Crippen LogP contribution in [0.3, 0.4) is 0 Å². The average molecular weight is 222 g/mol. The first kappa shape index (κ1) is 11.3. The second-order valence-electron chi connectivity index (χ2n) is 4.56. The molecule has 0 atom stereocenters. The Morgan fingerprint density at radius 1 is 1.50 bits per heavy atom. The van der Waals surface area contributed by atoms with Crippen molar-refractivity contribution in [3.63, 3.8) is 0 Å². The van der Waals surface area contributed by atoms with E-state index in [-0.39, 0.29) is 0 Å². The van der Waals surface area contributed by atoms with Crippen molar-refractivity contribution in [1.29, 1.82) is 0 Å². The molecule has 1 aliphatic heterocycles. The number of aromatic nitrogens is 3. The topological polar surface area (TPSA) is 51.0 Å². The van der Waals surface area contributed by atoms with Gasteiger partial charge in [-0.1, -0.05) is 5.21 Å². The third-order valence-electron chi connectivity index (χ3n) is 3.28. The summed E-state index contributed by atoms with van der Waals surface area (Å²) in [4.78, 5) is 12.8. The Balaban J connectivity index is 1.76. The lowest BCUT2D eigenvalue weighted by atomic mass is 9.94. The van der Waals surface area contributed by atoms with Crippen LogP contribution in [0.4, 0.5) is 0 Å². The van der Waals surface area contributed by atoms with Crippen LogP contribution < -0.4 is 0 Å². The van der Waals surface area contributed by atoms with Gasteiger partial charge in [0.25, 0.3) is 0 Å². The van der Waals surface area contributed by atoms with Crippen molar-refractivity contribution in [2.24, 2.45) is 5.92 Å². The summed E-state index contributed by atoms with van der Waals surface area (Å²) >= 11 is 0. The lowest BCUT2D eigenvalue weighted by Gasteiger charge is -2.28. The number of rotatable bonds is 4. The van der Waals surface area contributed by atoms with Crippen LogP contribution in [0.25, 0.3) is 0 Å². The molecule has 1 fully saturated rings. The SMILES string of the molecule is CN1CCC(CCn2cc(C=O)nn2)CC1. The fourth-order valence-corrected chi connectivity index (χ4v) is 2.14. The number of piperidine rings is 1. The summed E-state index contributed by atoms with van der Waals surface area (Å²) < 4.78 is 1.77. The molecule has 2 rings (SSSR count). The minimum Gasteiger partial charge on any atom is -0.306 e. The molecule has 0 saturated carbocycles. The van der Waals surface area contributed by atoms with Crippen molar-refractivity contribution in [1.82, 2.24) is 19.9 Å². The highest BCUT2D eigenvalue weighted by atomic mass is 16.1. The number of likely N-dealkylation sites (tertiary alicyclic amines) is 1. The molecule has 1 saturated heterocycles. The van der Waals surface area contributed by atoms with Crippen LogP contribution in [0.5, 0.6) is 0 Å². The van der Waals surface area contributed by atoms with Crippen LogP contribution in [-0.4, -0.2) is 46.3 Å². The Kier molecular flexibility index (Phi) is 3.66. The molecule has 0 spiro atoms. The number of hydrogen-bond acceptors (Lipinski definition) is 4. The smallest absolute Gasteiger partial charge is 0.171 e. The zero-order valence-corrected chi connectivity index (χ0v) is 9.67. The third kappa shape index (κ3) is 2.88. The van der Waals surface area contributed by atoms with E-state index in [2.05, 4.69) is 22.3 Å². The Hall–Kier alpha value is -1.23. The molecule has 1 aliphatic rings. The Labute approximate surface area is 95.4 Å². The summed E-state index contributed by atoms with van der Waals surface area (Å²) in [7, 11) is 2.17. The lowest BCUT2D eigenvalue weighted by Crippen LogP contribution is -2.30. The highest BCUT2D eigenvalue weighted by Crippen LogP contribution is 2.19. The van der Waals surface area contributed by atoms with Gasteiger partial charge in [-0.25, -0.2) is 0 Å². The van der Waals surface area contributed by atoms with Crippen molar-refractivity contribution in [2.45, 2.75) is 25.8 Å². The van der Waals surface area contributed by atoms with E-state index in [4.69, 9.17) is 0 Å². The van der Waals surface area contributed by atoms with Crippen LogP contribution in [0.2, 0.25) is 0 Å². The van der Waals surface area contributed by atoms with Gasteiger partial charge in [-0.3, -0.25) is 9.48 Å². The number of hydrogen-bond donors (Lipinski definition) is 0. The molecule has 5 nitrogen and oxygen atoms in total. The van der Waals surface area contributed by atoms with Gasteiger partial charge in [-0.05, 0) is 45.3 Å². The predicted octanol–water partition coefficient (Wildman–Crippen LogP) is 0.822. The quantitative estimate of drug-likeness (QED) is 0.708. The first-order valence-electron chi connectivity index (χ1n) is 5.82. The molecule has 0 radical (unpaired) electrons. The molecular formula is C11H18N4O. The fraction of sp³-hybridized carbons (Fsp3) is 0.727. The summed E-state index contributed by atoms with van der Waals surface area (Å²) in [6.45, 7) is 3.26. The lowest BCUT2D eigenvalue weighted by molar-refractivity contribution is 0.111. The van der Waals surface area contributed by atoms with Gasteiger partial charge in [-0.2, -0.15) is 0 Å². The second kappa shape index (κ2) is 5.21. The molecule has 1 aromatic rings. The molecule has 1 aromatic heterocycles. The average Bonchev–Trinajstić information content (AvgIpc) is 2.76. The molecule has 0 N–H and O–H groups in total. The van der Waals surface area contributed by atoms with E-state index in [0.29, 0.717) is 5.69 Å². The Morgan fingerprint density at radius 3 is 2.88 bits per heavy atom. The van der Waals surface area contributed by atoms with E-state index < -0.39 is 0 Å². The molecule has 5 heteroatoms. The maximum atomic E-state index is 10.4. The van der Waals surface area contributed by atoms with Gasteiger partial charge in [0.1, 0.15) is 5.69 Å². The molecular weight excluding hydrogens is 204 g/mol. The molecule has 0 unspecified atom stereocenters. The Morgan fingerprint density at radius 2 is 2.25 bits per heavy atom. The molecule has 0 aromatic carbocycles. The summed E-state index contributed by atoms with van der Waals surface area (Å²) in [5.74, 6) is 0.792. The van der Waals surface area contributed by atoms with Crippen LogP contribution >= 0.6 is 0 Å². The van der Waals surface area contributed by atoms with Crippen LogP contribution in [0.15, 0.2) is 6.20 Å². The molecule has 16 heavy (non-hydrogen) atoms. The first-order chi connectivity index (χ1) is 7.78. The number of aryl methyl sites for hydroxylation is 1. The minimum absolute atomic E-state index is 0.420. The van der Waals surface area contributed by atoms with Crippen LogP contribution in [-0.2, 0) is 6.54 Å². The van der Waals surface area contributed by atoms with Crippen LogP contribution in [0, 0.1) is 5.92 Å². The normalized spacial score (nSPS) is 18.8. The third-order valence-corrected chi connectivity index (χ3v) is 3.28. The maximum Gasteiger partial charge on any atom is 0.171 e. The number of nitrogens with zero attached hydrogens (tertiary/aromatic N) is 4. The standard InChI is InChI=1S/C11H18N4O/c1-14-5-2-10(3-6-14)4-7-15-8-11(9-16)12-13-15/h8-10H,2-7H2,1H3. The van der Waals surface area contributed by atoms with Crippen molar-refractivity contribution in [3.05, 3.63) is 11.9 Å².